The lowest BCUT2D eigenvalue weighted by Crippen LogP contribution is -2.41. The number of nitrogens with one attached hydrogen (secondary N) is 1. The van der Waals surface area contributed by atoms with Crippen molar-refractivity contribution in [3.63, 3.8) is 0 Å². The van der Waals surface area contributed by atoms with Crippen LogP contribution in [0.3, 0.4) is 0 Å². The van der Waals surface area contributed by atoms with Crippen LogP contribution in [0.1, 0.15) is 50.6 Å². The first-order chi connectivity index (χ1) is 11.8. The quantitative estimate of drug-likeness (QED) is 0.933. The summed E-state index contributed by atoms with van der Waals surface area (Å²) in [5.41, 5.74) is 2.12. The number of rotatable bonds is 4. The Morgan fingerprint density at radius 3 is 2.71 bits per heavy atom. The molecule has 0 amide bonds. The second-order valence-corrected chi connectivity index (χ2v) is 7.61. The minimum Gasteiger partial charge on any atom is -0.365 e. The number of anilines is 1. The maximum Gasteiger partial charge on any atom is 0.152 e. The molecule has 2 aromatic rings. The summed E-state index contributed by atoms with van der Waals surface area (Å²) in [6, 6.07) is 2.63. The first-order valence-corrected chi connectivity index (χ1v) is 9.58. The Morgan fingerprint density at radius 2 is 1.92 bits per heavy atom. The molecule has 3 heterocycles. The molecule has 2 aliphatic rings. The van der Waals surface area contributed by atoms with Gasteiger partial charge in [-0.05, 0) is 44.6 Å². The van der Waals surface area contributed by atoms with Crippen LogP contribution in [0.2, 0.25) is 0 Å². The summed E-state index contributed by atoms with van der Waals surface area (Å²) in [6.07, 6.45) is 13.4. The van der Waals surface area contributed by atoms with Crippen molar-refractivity contribution in [3.05, 3.63) is 24.2 Å². The monoisotopic (exact) mass is 327 g/mol. The topological polar surface area (TPSA) is 45.5 Å². The molecule has 1 aliphatic heterocycles. The van der Waals surface area contributed by atoms with Crippen LogP contribution in [-0.4, -0.2) is 45.2 Å². The van der Waals surface area contributed by atoms with Gasteiger partial charge in [0.2, 0.25) is 0 Å². The van der Waals surface area contributed by atoms with Crippen molar-refractivity contribution in [2.45, 2.75) is 57.9 Å². The molecule has 130 valence electrons. The lowest BCUT2D eigenvalue weighted by atomic mass is 9.88. The van der Waals surface area contributed by atoms with E-state index < -0.39 is 0 Å². The zero-order valence-corrected chi connectivity index (χ0v) is 14.7. The predicted molar refractivity (Wildman–Crippen MR) is 97.4 cm³/mol. The summed E-state index contributed by atoms with van der Waals surface area (Å²) in [7, 11) is 0. The standard InChI is InChI=1S/C19H29N5/c1-15-13-18-19(20-9-12-24(18)22-15)21-17-7-10-23(11-8-17)14-16-5-3-2-4-6-16/h9,12-13,16-17H,2-8,10-11,14H2,1H3,(H,20,21). The van der Waals surface area contributed by atoms with E-state index in [2.05, 4.69) is 26.4 Å². The zero-order chi connectivity index (χ0) is 16.4. The number of nitrogens with zero attached hydrogens (tertiary/aromatic N) is 4. The molecule has 0 spiro atoms. The molecule has 1 saturated carbocycles. The van der Waals surface area contributed by atoms with Gasteiger partial charge in [-0.3, -0.25) is 0 Å². The van der Waals surface area contributed by atoms with Crippen LogP contribution in [0.5, 0.6) is 0 Å². The summed E-state index contributed by atoms with van der Waals surface area (Å²) in [5.74, 6) is 1.93. The van der Waals surface area contributed by atoms with Gasteiger partial charge in [-0.15, -0.1) is 0 Å². The minimum absolute atomic E-state index is 0.529. The molecule has 1 aliphatic carbocycles. The Kier molecular flexibility index (Phi) is 4.69. The average molecular weight is 327 g/mol. The second kappa shape index (κ2) is 7.09. The molecule has 5 nitrogen and oxygen atoms in total. The van der Waals surface area contributed by atoms with E-state index in [1.807, 2.05) is 23.8 Å². The molecular weight excluding hydrogens is 298 g/mol. The molecule has 1 saturated heterocycles. The largest absolute Gasteiger partial charge is 0.365 e. The summed E-state index contributed by atoms with van der Waals surface area (Å²) < 4.78 is 1.92. The van der Waals surface area contributed by atoms with Crippen LogP contribution < -0.4 is 5.32 Å². The van der Waals surface area contributed by atoms with E-state index in [0.717, 1.165) is 22.9 Å². The number of hydrogen-bond acceptors (Lipinski definition) is 4. The molecule has 0 unspecified atom stereocenters. The first-order valence-electron chi connectivity index (χ1n) is 9.58. The number of hydrogen-bond donors (Lipinski definition) is 1. The van der Waals surface area contributed by atoms with Crippen LogP contribution in [0.15, 0.2) is 18.5 Å². The van der Waals surface area contributed by atoms with Gasteiger partial charge in [-0.2, -0.15) is 5.10 Å². The van der Waals surface area contributed by atoms with E-state index in [-0.39, 0.29) is 0 Å². The summed E-state index contributed by atoms with van der Waals surface area (Å²) in [5, 5.41) is 8.14. The molecule has 2 aromatic heterocycles. The van der Waals surface area contributed by atoms with Crippen LogP contribution >= 0.6 is 0 Å². The maximum absolute atomic E-state index is 4.54. The highest BCUT2D eigenvalue weighted by Crippen LogP contribution is 2.26. The summed E-state index contributed by atoms with van der Waals surface area (Å²) in [6.45, 7) is 5.79. The van der Waals surface area contributed by atoms with Crippen LogP contribution in [0.4, 0.5) is 5.82 Å². The molecule has 0 aromatic carbocycles. The molecule has 4 rings (SSSR count). The second-order valence-electron chi connectivity index (χ2n) is 7.61. The fourth-order valence-corrected chi connectivity index (χ4v) is 4.34. The number of piperidine rings is 1. The fraction of sp³-hybridized carbons (Fsp3) is 0.684. The highest BCUT2D eigenvalue weighted by Gasteiger charge is 2.23. The van der Waals surface area contributed by atoms with Crippen molar-refractivity contribution in [2.75, 3.05) is 25.0 Å². The molecule has 0 atom stereocenters. The normalized spacial score (nSPS) is 21.4. The number of aromatic nitrogens is 3. The van der Waals surface area contributed by atoms with Gasteiger partial charge in [0, 0.05) is 38.1 Å². The Balaban J connectivity index is 1.32. The number of fused-ring (bicyclic) bond motifs is 1. The average Bonchev–Trinajstić information content (AvgIpc) is 2.99. The smallest absolute Gasteiger partial charge is 0.152 e. The Bertz CT molecular complexity index is 665. The molecule has 0 bridgehead atoms. The van der Waals surface area contributed by atoms with Crippen LogP contribution in [-0.2, 0) is 0 Å². The third-order valence-corrected chi connectivity index (χ3v) is 5.68. The number of likely N-dealkylation sites (tertiary alicyclic amines) is 1. The van der Waals surface area contributed by atoms with E-state index in [0.29, 0.717) is 6.04 Å². The lowest BCUT2D eigenvalue weighted by molar-refractivity contribution is 0.168. The predicted octanol–water partition coefficient (Wildman–Crippen LogP) is 3.49. The Hall–Kier alpha value is -1.62. The molecule has 2 fully saturated rings. The van der Waals surface area contributed by atoms with Crippen LogP contribution in [0, 0.1) is 12.8 Å². The van der Waals surface area contributed by atoms with Crippen molar-refractivity contribution < 1.29 is 0 Å². The SMILES string of the molecule is Cc1cc2c(NC3CCN(CC4CCCCC4)CC3)nccn2n1. The van der Waals surface area contributed by atoms with E-state index >= 15 is 0 Å². The number of aryl methyl sites for hydroxylation is 1. The Labute approximate surface area is 144 Å². The van der Waals surface area contributed by atoms with Crippen molar-refractivity contribution in [3.8, 4) is 0 Å². The molecule has 24 heavy (non-hydrogen) atoms. The Morgan fingerprint density at radius 1 is 1.12 bits per heavy atom. The minimum atomic E-state index is 0.529. The summed E-state index contributed by atoms with van der Waals surface area (Å²) in [4.78, 5) is 7.23. The van der Waals surface area contributed by atoms with E-state index in [4.69, 9.17) is 0 Å². The van der Waals surface area contributed by atoms with Gasteiger partial charge in [-0.1, -0.05) is 19.3 Å². The highest BCUT2D eigenvalue weighted by atomic mass is 15.2. The van der Waals surface area contributed by atoms with Gasteiger partial charge in [-0.25, -0.2) is 9.50 Å². The van der Waals surface area contributed by atoms with Gasteiger partial charge >= 0.3 is 0 Å². The first kappa shape index (κ1) is 15.9. The molecule has 5 heteroatoms. The lowest BCUT2D eigenvalue weighted by Gasteiger charge is -2.35. The van der Waals surface area contributed by atoms with Gasteiger partial charge in [0.05, 0.1) is 5.69 Å². The van der Waals surface area contributed by atoms with Gasteiger partial charge in [0.15, 0.2) is 5.82 Å². The third kappa shape index (κ3) is 3.56. The molecule has 1 N–H and O–H groups in total. The third-order valence-electron chi connectivity index (χ3n) is 5.68. The van der Waals surface area contributed by atoms with Gasteiger partial charge in [0.1, 0.15) is 5.52 Å². The fourth-order valence-electron chi connectivity index (χ4n) is 4.34. The van der Waals surface area contributed by atoms with E-state index in [1.54, 1.807) is 0 Å². The van der Waals surface area contributed by atoms with Crippen molar-refractivity contribution >= 4 is 11.3 Å². The maximum atomic E-state index is 4.54. The van der Waals surface area contributed by atoms with E-state index in [1.165, 1.54) is 64.6 Å². The van der Waals surface area contributed by atoms with Gasteiger partial charge < -0.3 is 10.2 Å². The van der Waals surface area contributed by atoms with Crippen molar-refractivity contribution in [1.82, 2.24) is 19.5 Å². The molecular formula is C19H29N5. The molecule has 0 radical (unpaired) electrons. The summed E-state index contributed by atoms with van der Waals surface area (Å²) >= 11 is 0. The van der Waals surface area contributed by atoms with Gasteiger partial charge in [0.25, 0.3) is 0 Å². The zero-order valence-electron chi connectivity index (χ0n) is 14.7. The van der Waals surface area contributed by atoms with Crippen LogP contribution in [0.25, 0.3) is 5.52 Å². The van der Waals surface area contributed by atoms with E-state index in [9.17, 15) is 0 Å². The highest BCUT2D eigenvalue weighted by molar-refractivity contribution is 5.68. The van der Waals surface area contributed by atoms with Crippen molar-refractivity contribution in [2.24, 2.45) is 5.92 Å². The van der Waals surface area contributed by atoms with Crippen molar-refractivity contribution in [1.29, 1.82) is 0 Å².